The topological polar surface area (TPSA) is 32.8 Å². The number of ether oxygens (including phenoxy) is 1. The number of phenols is 1. The van der Waals surface area contributed by atoms with Gasteiger partial charge in [0.05, 0.1) is 12.7 Å². The van der Waals surface area contributed by atoms with Crippen molar-refractivity contribution in [1.82, 2.24) is 0 Å². The summed E-state index contributed by atoms with van der Waals surface area (Å²) in [5, 5.41) is 9.65. The summed E-state index contributed by atoms with van der Waals surface area (Å²) in [5.74, 6) is 0.457. The molecule has 0 spiro atoms. The van der Waals surface area contributed by atoms with Crippen molar-refractivity contribution in [2.75, 3.05) is 6.61 Å². The number of para-hydroxylation sites is 1. The number of hydrogen-bond donors (Lipinski definition) is 1. The molecule has 1 unspecified atom stereocenters. The zero-order chi connectivity index (χ0) is 17.5. The van der Waals surface area contributed by atoms with E-state index in [1.807, 2.05) is 18.2 Å². The van der Waals surface area contributed by atoms with Gasteiger partial charge in [-0.15, -0.1) is 0 Å². The first-order chi connectivity index (χ1) is 11.8. The fourth-order valence-electron chi connectivity index (χ4n) is 2.83. The van der Waals surface area contributed by atoms with Gasteiger partial charge < -0.3 is 9.84 Å². The summed E-state index contributed by atoms with van der Waals surface area (Å²) < 4.78 is 4.86. The molecule has 0 bridgehead atoms. The minimum Gasteiger partial charge on any atom is -0.508 e. The van der Waals surface area contributed by atoms with Gasteiger partial charge in [0.15, 0.2) is 0 Å². The van der Waals surface area contributed by atoms with Gasteiger partial charge in [0.2, 0.25) is 0 Å². The van der Waals surface area contributed by atoms with Crippen molar-refractivity contribution in [3.63, 3.8) is 0 Å². The van der Waals surface area contributed by atoms with E-state index in [2.05, 4.69) is 13.8 Å². The first kappa shape index (κ1) is 21.0. The Morgan fingerprint density at radius 3 is 1.88 bits per heavy atom. The molecule has 1 N–H and O–H groups in total. The zero-order valence-electron chi connectivity index (χ0n) is 15.9. The van der Waals surface area contributed by atoms with Gasteiger partial charge in [0, 0.05) is 0 Å². The van der Waals surface area contributed by atoms with Crippen LogP contribution in [0.4, 0.5) is 0 Å². The quantitative estimate of drug-likeness (QED) is 0.343. The van der Waals surface area contributed by atoms with E-state index in [0.717, 1.165) is 18.6 Å². The van der Waals surface area contributed by atoms with Crippen molar-refractivity contribution < 1.29 is 9.84 Å². The normalized spacial score (nSPS) is 15.7. The standard InChI is InChI=1S/C18H30O.C4H8O/c1-2-3-4-5-6-7-8-9-10-11-14-17-15-12-13-16-18(17)19;1-2-4-3-5-4/h12-13,15-16,19H,2-11,14H2,1H3;4H,2-3H2,1H3. The lowest BCUT2D eigenvalue weighted by molar-refractivity contribution is 0.403. The van der Waals surface area contributed by atoms with Crippen LogP contribution >= 0.6 is 0 Å². The SMILES string of the molecule is CCC1CO1.CCCCCCCCCCCCc1ccccc1O. The summed E-state index contributed by atoms with van der Waals surface area (Å²) in [4.78, 5) is 0. The highest BCUT2D eigenvalue weighted by molar-refractivity contribution is 5.31. The third-order valence-electron chi connectivity index (χ3n) is 4.65. The number of unbranched alkanes of at least 4 members (excludes halogenated alkanes) is 9. The molecule has 0 aliphatic carbocycles. The second kappa shape index (κ2) is 14.3. The summed E-state index contributed by atoms with van der Waals surface area (Å²) in [6, 6.07) is 7.71. The van der Waals surface area contributed by atoms with Gasteiger partial charge in [-0.05, 0) is 30.9 Å². The highest BCUT2D eigenvalue weighted by Crippen LogP contribution is 2.19. The lowest BCUT2D eigenvalue weighted by Gasteiger charge is -2.04. The monoisotopic (exact) mass is 334 g/mol. The Balaban J connectivity index is 0.000000488. The number of phenolic OH excluding ortho intramolecular Hbond substituents is 1. The van der Waals surface area contributed by atoms with E-state index in [1.165, 1.54) is 70.6 Å². The minimum absolute atomic E-state index is 0.457. The lowest BCUT2D eigenvalue weighted by Crippen LogP contribution is -1.87. The number of epoxide rings is 1. The fraction of sp³-hybridized carbons (Fsp3) is 0.727. The Hall–Kier alpha value is -1.02. The zero-order valence-corrected chi connectivity index (χ0v) is 15.9. The maximum Gasteiger partial charge on any atom is 0.118 e. The average Bonchev–Trinajstić information content (AvgIpc) is 3.43. The molecular weight excluding hydrogens is 296 g/mol. The minimum atomic E-state index is 0.457. The smallest absolute Gasteiger partial charge is 0.118 e. The van der Waals surface area contributed by atoms with Crippen LogP contribution in [0, 0.1) is 0 Å². The maximum absolute atomic E-state index is 9.65. The third kappa shape index (κ3) is 11.5. The van der Waals surface area contributed by atoms with Crippen LogP contribution in [0.2, 0.25) is 0 Å². The number of benzene rings is 1. The van der Waals surface area contributed by atoms with Crippen molar-refractivity contribution in [2.45, 2.75) is 97.0 Å². The molecule has 1 fully saturated rings. The van der Waals surface area contributed by atoms with Crippen molar-refractivity contribution >= 4 is 0 Å². The van der Waals surface area contributed by atoms with Crippen LogP contribution in [0.25, 0.3) is 0 Å². The maximum atomic E-state index is 9.65. The summed E-state index contributed by atoms with van der Waals surface area (Å²) in [6.07, 6.45) is 16.5. The highest BCUT2D eigenvalue weighted by atomic mass is 16.6. The number of rotatable bonds is 12. The van der Waals surface area contributed by atoms with E-state index < -0.39 is 0 Å². The molecule has 1 aliphatic rings. The summed E-state index contributed by atoms with van der Waals surface area (Å²) in [6.45, 7) is 5.42. The van der Waals surface area contributed by atoms with Crippen molar-refractivity contribution in [3.05, 3.63) is 29.8 Å². The van der Waals surface area contributed by atoms with Crippen LogP contribution in [0.1, 0.15) is 90.0 Å². The second-order valence-electron chi connectivity index (χ2n) is 6.92. The van der Waals surface area contributed by atoms with E-state index in [1.54, 1.807) is 6.07 Å². The Morgan fingerprint density at radius 1 is 0.875 bits per heavy atom. The van der Waals surface area contributed by atoms with Gasteiger partial charge >= 0.3 is 0 Å². The Bertz CT molecular complexity index is 399. The van der Waals surface area contributed by atoms with Gasteiger partial charge in [0.1, 0.15) is 5.75 Å². The van der Waals surface area contributed by atoms with Crippen LogP contribution in [0.5, 0.6) is 5.75 Å². The van der Waals surface area contributed by atoms with Crippen molar-refractivity contribution in [2.24, 2.45) is 0 Å². The molecule has 2 rings (SSSR count). The van der Waals surface area contributed by atoms with Gasteiger partial charge in [-0.1, -0.05) is 89.8 Å². The molecule has 0 amide bonds. The van der Waals surface area contributed by atoms with Crippen molar-refractivity contribution in [1.29, 1.82) is 0 Å². The lowest BCUT2D eigenvalue weighted by atomic mass is 10.0. The molecule has 2 nitrogen and oxygen atoms in total. The molecule has 0 saturated carbocycles. The summed E-state index contributed by atoms with van der Waals surface area (Å²) in [5.41, 5.74) is 1.10. The predicted molar refractivity (Wildman–Crippen MR) is 104 cm³/mol. The molecule has 1 aliphatic heterocycles. The third-order valence-corrected chi connectivity index (χ3v) is 4.65. The number of aryl methyl sites for hydroxylation is 1. The molecule has 0 radical (unpaired) electrons. The van der Waals surface area contributed by atoms with Crippen LogP contribution in [-0.2, 0) is 11.2 Å². The van der Waals surface area contributed by atoms with E-state index in [9.17, 15) is 5.11 Å². The molecule has 1 aromatic rings. The van der Waals surface area contributed by atoms with Gasteiger partial charge in [0.25, 0.3) is 0 Å². The molecule has 138 valence electrons. The van der Waals surface area contributed by atoms with Gasteiger partial charge in [-0.3, -0.25) is 0 Å². The first-order valence-electron chi connectivity index (χ1n) is 10.2. The summed E-state index contributed by atoms with van der Waals surface area (Å²) >= 11 is 0. The van der Waals surface area contributed by atoms with Crippen LogP contribution < -0.4 is 0 Å². The van der Waals surface area contributed by atoms with E-state index in [-0.39, 0.29) is 0 Å². The van der Waals surface area contributed by atoms with Crippen LogP contribution in [0.15, 0.2) is 24.3 Å². The average molecular weight is 335 g/mol. The number of aromatic hydroxyl groups is 1. The Labute approximate surface area is 149 Å². The first-order valence-corrected chi connectivity index (χ1v) is 10.2. The molecule has 24 heavy (non-hydrogen) atoms. The van der Waals surface area contributed by atoms with Gasteiger partial charge in [-0.2, -0.15) is 0 Å². The Morgan fingerprint density at radius 2 is 1.42 bits per heavy atom. The second-order valence-corrected chi connectivity index (χ2v) is 6.92. The molecule has 2 heteroatoms. The van der Waals surface area contributed by atoms with E-state index in [4.69, 9.17) is 4.74 Å². The number of hydrogen-bond acceptors (Lipinski definition) is 2. The summed E-state index contributed by atoms with van der Waals surface area (Å²) in [7, 11) is 0. The highest BCUT2D eigenvalue weighted by Gasteiger charge is 2.18. The van der Waals surface area contributed by atoms with Crippen LogP contribution in [0.3, 0.4) is 0 Å². The molecule has 1 heterocycles. The van der Waals surface area contributed by atoms with Crippen LogP contribution in [-0.4, -0.2) is 17.8 Å². The predicted octanol–water partition coefficient (Wildman–Crippen LogP) is 6.65. The van der Waals surface area contributed by atoms with E-state index >= 15 is 0 Å². The van der Waals surface area contributed by atoms with Gasteiger partial charge in [-0.25, -0.2) is 0 Å². The van der Waals surface area contributed by atoms with E-state index in [0.29, 0.717) is 11.9 Å². The molecule has 1 saturated heterocycles. The molecule has 1 aromatic carbocycles. The molecule has 1 atom stereocenters. The fourth-order valence-corrected chi connectivity index (χ4v) is 2.83. The Kier molecular flexibility index (Phi) is 12.6. The largest absolute Gasteiger partial charge is 0.508 e. The molecule has 0 aromatic heterocycles. The molecular formula is C22H38O2. The van der Waals surface area contributed by atoms with Crippen molar-refractivity contribution in [3.8, 4) is 5.75 Å².